The molecule has 2 unspecified atom stereocenters. The lowest BCUT2D eigenvalue weighted by Gasteiger charge is -2.23. The number of ether oxygens (including phenoxy) is 1. The summed E-state index contributed by atoms with van der Waals surface area (Å²) in [6.45, 7) is 7.18. The largest absolute Gasteiger partial charge is 0.493 e. The highest BCUT2D eigenvalue weighted by Gasteiger charge is 2.16. The van der Waals surface area contributed by atoms with E-state index >= 15 is 0 Å². The van der Waals surface area contributed by atoms with Crippen LogP contribution in [0, 0.1) is 5.92 Å². The van der Waals surface area contributed by atoms with Gasteiger partial charge in [-0.15, -0.1) is 0 Å². The van der Waals surface area contributed by atoms with Crippen molar-refractivity contribution in [2.45, 2.75) is 33.2 Å². The number of halogens is 1. The molecule has 1 aromatic rings. The maximum absolute atomic E-state index is 5.52. The van der Waals surface area contributed by atoms with Crippen LogP contribution in [0.1, 0.15) is 38.8 Å². The first-order valence-electron chi connectivity index (χ1n) is 6.23. The second-order valence-corrected chi connectivity index (χ2v) is 5.13. The van der Waals surface area contributed by atoms with E-state index in [2.05, 4.69) is 47.2 Å². The van der Waals surface area contributed by atoms with Gasteiger partial charge < -0.3 is 10.1 Å². The Bertz CT molecular complexity index is 354. The van der Waals surface area contributed by atoms with Crippen LogP contribution in [0.4, 0.5) is 0 Å². The number of benzene rings is 1. The van der Waals surface area contributed by atoms with Gasteiger partial charge in [-0.05, 0) is 53.5 Å². The van der Waals surface area contributed by atoms with E-state index in [9.17, 15) is 0 Å². The SMILES string of the molecule is CCOc1ccc(C(NC)C(C)CC)cc1Br. The number of rotatable bonds is 6. The molecule has 0 aliphatic carbocycles. The van der Waals surface area contributed by atoms with E-state index in [0.29, 0.717) is 18.6 Å². The summed E-state index contributed by atoms with van der Waals surface area (Å²) in [6, 6.07) is 6.73. The molecule has 17 heavy (non-hydrogen) atoms. The maximum Gasteiger partial charge on any atom is 0.133 e. The molecule has 0 saturated heterocycles. The van der Waals surface area contributed by atoms with Crippen molar-refractivity contribution in [3.05, 3.63) is 28.2 Å². The average molecular weight is 300 g/mol. The topological polar surface area (TPSA) is 21.3 Å². The Morgan fingerprint density at radius 3 is 2.53 bits per heavy atom. The molecule has 0 aliphatic heterocycles. The molecule has 0 fully saturated rings. The summed E-state index contributed by atoms with van der Waals surface area (Å²) in [7, 11) is 2.02. The van der Waals surface area contributed by atoms with Crippen LogP contribution in [0.15, 0.2) is 22.7 Å². The van der Waals surface area contributed by atoms with Crippen LogP contribution in [0.5, 0.6) is 5.75 Å². The third-order valence-electron chi connectivity index (χ3n) is 3.14. The predicted molar refractivity (Wildman–Crippen MR) is 76.6 cm³/mol. The van der Waals surface area contributed by atoms with Crippen molar-refractivity contribution >= 4 is 15.9 Å². The highest BCUT2D eigenvalue weighted by molar-refractivity contribution is 9.10. The van der Waals surface area contributed by atoms with E-state index in [1.54, 1.807) is 0 Å². The zero-order valence-electron chi connectivity index (χ0n) is 11.1. The zero-order chi connectivity index (χ0) is 12.8. The summed E-state index contributed by atoms with van der Waals surface area (Å²) >= 11 is 3.56. The number of nitrogens with one attached hydrogen (secondary N) is 1. The van der Waals surface area contributed by atoms with Crippen molar-refractivity contribution in [3.8, 4) is 5.75 Å². The van der Waals surface area contributed by atoms with Gasteiger partial charge >= 0.3 is 0 Å². The van der Waals surface area contributed by atoms with Gasteiger partial charge in [-0.1, -0.05) is 26.3 Å². The van der Waals surface area contributed by atoms with Gasteiger partial charge in [-0.25, -0.2) is 0 Å². The smallest absolute Gasteiger partial charge is 0.133 e. The van der Waals surface area contributed by atoms with Crippen LogP contribution < -0.4 is 10.1 Å². The fraction of sp³-hybridized carbons (Fsp3) is 0.571. The molecule has 0 spiro atoms. The molecule has 96 valence electrons. The van der Waals surface area contributed by atoms with Crippen LogP contribution in [0.2, 0.25) is 0 Å². The van der Waals surface area contributed by atoms with Gasteiger partial charge in [0, 0.05) is 6.04 Å². The molecule has 1 aromatic carbocycles. The Morgan fingerprint density at radius 2 is 2.06 bits per heavy atom. The summed E-state index contributed by atoms with van der Waals surface area (Å²) in [5.74, 6) is 1.53. The van der Waals surface area contributed by atoms with Crippen molar-refractivity contribution < 1.29 is 4.74 Å². The van der Waals surface area contributed by atoms with E-state index in [4.69, 9.17) is 4.74 Å². The average Bonchev–Trinajstić information content (AvgIpc) is 2.33. The quantitative estimate of drug-likeness (QED) is 0.852. The second kappa shape index (κ2) is 7.02. The van der Waals surface area contributed by atoms with Crippen molar-refractivity contribution in [3.63, 3.8) is 0 Å². The standard InChI is InChI=1S/C14H22BrNO/c1-5-10(3)14(16-4)11-7-8-13(17-6-2)12(15)9-11/h7-10,14,16H,5-6H2,1-4H3. The Kier molecular flexibility index (Phi) is 6.00. The monoisotopic (exact) mass is 299 g/mol. The Hall–Kier alpha value is -0.540. The fourth-order valence-electron chi connectivity index (χ4n) is 2.00. The van der Waals surface area contributed by atoms with Gasteiger partial charge in [0.1, 0.15) is 5.75 Å². The lowest BCUT2D eigenvalue weighted by molar-refractivity contribution is 0.337. The van der Waals surface area contributed by atoms with E-state index in [0.717, 1.165) is 16.6 Å². The Labute approximate surface area is 113 Å². The summed E-state index contributed by atoms with van der Waals surface area (Å²) in [5, 5.41) is 3.39. The van der Waals surface area contributed by atoms with Crippen LogP contribution >= 0.6 is 15.9 Å². The van der Waals surface area contributed by atoms with Crippen molar-refractivity contribution in [1.82, 2.24) is 5.32 Å². The third kappa shape index (κ3) is 3.71. The molecule has 0 radical (unpaired) electrons. The lowest BCUT2D eigenvalue weighted by Crippen LogP contribution is -2.23. The molecule has 0 aromatic heterocycles. The predicted octanol–water partition coefficient (Wildman–Crippen LogP) is 4.15. The molecule has 0 amide bonds. The molecule has 0 heterocycles. The van der Waals surface area contributed by atoms with Crippen molar-refractivity contribution in [2.24, 2.45) is 5.92 Å². The second-order valence-electron chi connectivity index (χ2n) is 4.27. The highest BCUT2D eigenvalue weighted by atomic mass is 79.9. The summed E-state index contributed by atoms with van der Waals surface area (Å²) in [5.41, 5.74) is 1.30. The lowest BCUT2D eigenvalue weighted by atomic mass is 9.92. The summed E-state index contributed by atoms with van der Waals surface area (Å²) < 4.78 is 6.55. The van der Waals surface area contributed by atoms with E-state index in [-0.39, 0.29) is 0 Å². The molecule has 0 saturated carbocycles. The number of hydrogen-bond donors (Lipinski definition) is 1. The van der Waals surface area contributed by atoms with Gasteiger partial charge in [0.2, 0.25) is 0 Å². The van der Waals surface area contributed by atoms with Crippen LogP contribution in [-0.2, 0) is 0 Å². The molecule has 3 heteroatoms. The Balaban J connectivity index is 2.94. The molecular formula is C14H22BrNO. The van der Waals surface area contributed by atoms with Crippen LogP contribution in [-0.4, -0.2) is 13.7 Å². The van der Waals surface area contributed by atoms with Crippen LogP contribution in [0.3, 0.4) is 0 Å². The molecule has 1 N–H and O–H groups in total. The molecule has 0 bridgehead atoms. The molecule has 2 atom stereocenters. The first kappa shape index (κ1) is 14.5. The van der Waals surface area contributed by atoms with Gasteiger partial charge in [0.05, 0.1) is 11.1 Å². The first-order valence-corrected chi connectivity index (χ1v) is 7.02. The van der Waals surface area contributed by atoms with Gasteiger partial charge in [-0.2, -0.15) is 0 Å². The zero-order valence-corrected chi connectivity index (χ0v) is 12.7. The molecule has 2 nitrogen and oxygen atoms in total. The molecular weight excluding hydrogens is 278 g/mol. The minimum absolute atomic E-state index is 0.395. The van der Waals surface area contributed by atoms with E-state index in [1.165, 1.54) is 5.56 Å². The van der Waals surface area contributed by atoms with Crippen molar-refractivity contribution in [2.75, 3.05) is 13.7 Å². The highest BCUT2D eigenvalue weighted by Crippen LogP contribution is 2.31. The third-order valence-corrected chi connectivity index (χ3v) is 3.76. The minimum Gasteiger partial charge on any atom is -0.493 e. The fourth-order valence-corrected chi connectivity index (χ4v) is 2.51. The first-order chi connectivity index (χ1) is 8.13. The number of hydrogen-bond acceptors (Lipinski definition) is 2. The van der Waals surface area contributed by atoms with Gasteiger partial charge in [0.15, 0.2) is 0 Å². The molecule has 1 rings (SSSR count). The van der Waals surface area contributed by atoms with Crippen LogP contribution in [0.25, 0.3) is 0 Å². The Morgan fingerprint density at radius 1 is 1.35 bits per heavy atom. The minimum atomic E-state index is 0.395. The van der Waals surface area contributed by atoms with Gasteiger partial charge in [-0.3, -0.25) is 0 Å². The van der Waals surface area contributed by atoms with Crippen molar-refractivity contribution in [1.29, 1.82) is 0 Å². The van der Waals surface area contributed by atoms with E-state index < -0.39 is 0 Å². The normalized spacial score (nSPS) is 14.4. The summed E-state index contributed by atoms with van der Waals surface area (Å²) in [6.07, 6.45) is 1.16. The summed E-state index contributed by atoms with van der Waals surface area (Å²) in [4.78, 5) is 0. The molecule has 0 aliphatic rings. The maximum atomic E-state index is 5.52. The van der Waals surface area contributed by atoms with Gasteiger partial charge in [0.25, 0.3) is 0 Å². The van der Waals surface area contributed by atoms with E-state index in [1.807, 2.05) is 20.0 Å².